The minimum Gasteiger partial charge on any atom is -0.382 e. The molecule has 1 aliphatic carbocycles. The van der Waals surface area contributed by atoms with Crippen molar-refractivity contribution in [2.24, 2.45) is 0 Å². The summed E-state index contributed by atoms with van der Waals surface area (Å²) in [6.45, 7) is 0.845. The Hall–Kier alpha value is -2.04. The van der Waals surface area contributed by atoms with E-state index in [1.54, 1.807) is 4.90 Å². The highest BCUT2D eigenvalue weighted by molar-refractivity contribution is 5.94. The fourth-order valence-electron chi connectivity index (χ4n) is 3.89. The van der Waals surface area contributed by atoms with Gasteiger partial charge in [0.1, 0.15) is 0 Å². The van der Waals surface area contributed by atoms with Crippen molar-refractivity contribution in [1.82, 2.24) is 4.90 Å². The van der Waals surface area contributed by atoms with Gasteiger partial charge in [0.05, 0.1) is 6.54 Å². The largest absolute Gasteiger partial charge is 0.382 e. The molecular formula is C21H31N3O2. The standard InChI is InChI=1S/C21H31N3O2/c25-20(16-24-15-7-2-1-6-10-21(24)26)23-19-13-11-18(12-14-19)22-17-8-4-3-5-9-17/h11-14,17,22H,1-10,15-16H2,(H,23,25). The maximum Gasteiger partial charge on any atom is 0.243 e. The van der Waals surface area contributed by atoms with E-state index in [2.05, 4.69) is 10.6 Å². The van der Waals surface area contributed by atoms with Gasteiger partial charge in [0.2, 0.25) is 11.8 Å². The second kappa shape index (κ2) is 9.60. The number of rotatable bonds is 5. The van der Waals surface area contributed by atoms with Gasteiger partial charge in [-0.15, -0.1) is 0 Å². The first-order valence-corrected chi connectivity index (χ1v) is 10.1. The Kier molecular flexibility index (Phi) is 6.92. The van der Waals surface area contributed by atoms with Crippen molar-refractivity contribution in [2.75, 3.05) is 23.7 Å². The lowest BCUT2D eigenvalue weighted by molar-refractivity contribution is -0.135. The van der Waals surface area contributed by atoms with Crippen LogP contribution < -0.4 is 10.6 Å². The zero-order chi connectivity index (χ0) is 18.2. The van der Waals surface area contributed by atoms with E-state index in [4.69, 9.17) is 0 Å². The van der Waals surface area contributed by atoms with Crippen LogP contribution in [0.3, 0.4) is 0 Å². The van der Waals surface area contributed by atoms with Gasteiger partial charge in [-0.05, 0) is 49.9 Å². The molecule has 5 nitrogen and oxygen atoms in total. The second-order valence-electron chi connectivity index (χ2n) is 7.58. The number of likely N-dealkylation sites (tertiary alicyclic amines) is 1. The molecule has 0 unspecified atom stereocenters. The molecule has 1 aliphatic heterocycles. The van der Waals surface area contributed by atoms with E-state index in [1.807, 2.05) is 24.3 Å². The summed E-state index contributed by atoms with van der Waals surface area (Å²) in [6, 6.07) is 8.47. The predicted molar refractivity (Wildman–Crippen MR) is 105 cm³/mol. The number of benzene rings is 1. The van der Waals surface area contributed by atoms with Crippen LogP contribution >= 0.6 is 0 Å². The monoisotopic (exact) mass is 357 g/mol. The van der Waals surface area contributed by atoms with Gasteiger partial charge in [0.25, 0.3) is 0 Å². The van der Waals surface area contributed by atoms with Gasteiger partial charge in [-0.25, -0.2) is 0 Å². The summed E-state index contributed by atoms with van der Waals surface area (Å²) in [5, 5.41) is 6.50. The van der Waals surface area contributed by atoms with Crippen LogP contribution in [0.4, 0.5) is 11.4 Å². The predicted octanol–water partition coefficient (Wildman–Crippen LogP) is 4.16. The van der Waals surface area contributed by atoms with E-state index >= 15 is 0 Å². The molecule has 2 aliphatic rings. The van der Waals surface area contributed by atoms with Crippen LogP contribution in [0.25, 0.3) is 0 Å². The fourth-order valence-corrected chi connectivity index (χ4v) is 3.89. The molecule has 5 heteroatoms. The van der Waals surface area contributed by atoms with Gasteiger partial charge in [0, 0.05) is 30.4 Å². The van der Waals surface area contributed by atoms with Gasteiger partial charge in [-0.1, -0.05) is 32.1 Å². The number of carbonyl (C=O) groups excluding carboxylic acids is 2. The topological polar surface area (TPSA) is 61.4 Å². The first kappa shape index (κ1) is 18.7. The van der Waals surface area contributed by atoms with Crippen LogP contribution in [-0.4, -0.2) is 35.8 Å². The fraction of sp³-hybridized carbons (Fsp3) is 0.619. The third-order valence-electron chi connectivity index (χ3n) is 5.40. The number of hydrogen-bond acceptors (Lipinski definition) is 3. The van der Waals surface area contributed by atoms with E-state index in [0.717, 1.165) is 37.1 Å². The molecule has 0 spiro atoms. The Morgan fingerprint density at radius 1 is 0.923 bits per heavy atom. The quantitative estimate of drug-likeness (QED) is 0.832. The zero-order valence-corrected chi connectivity index (χ0v) is 15.6. The van der Waals surface area contributed by atoms with Gasteiger partial charge in [-0.3, -0.25) is 9.59 Å². The van der Waals surface area contributed by atoms with Crippen LogP contribution in [0.5, 0.6) is 0 Å². The van der Waals surface area contributed by atoms with E-state index in [0.29, 0.717) is 19.0 Å². The number of nitrogens with one attached hydrogen (secondary N) is 2. The van der Waals surface area contributed by atoms with Crippen molar-refractivity contribution in [3.05, 3.63) is 24.3 Å². The van der Waals surface area contributed by atoms with Crippen molar-refractivity contribution >= 4 is 23.2 Å². The highest BCUT2D eigenvalue weighted by Gasteiger charge is 2.18. The van der Waals surface area contributed by atoms with Crippen molar-refractivity contribution in [2.45, 2.75) is 70.3 Å². The summed E-state index contributed by atoms with van der Waals surface area (Å²) in [6.07, 6.45) is 11.2. The molecular weight excluding hydrogens is 326 g/mol. The molecule has 2 amide bonds. The Morgan fingerprint density at radius 2 is 1.58 bits per heavy atom. The van der Waals surface area contributed by atoms with E-state index in [9.17, 15) is 9.59 Å². The molecule has 0 aromatic heterocycles. The van der Waals surface area contributed by atoms with E-state index in [-0.39, 0.29) is 18.4 Å². The lowest BCUT2D eigenvalue weighted by atomic mass is 9.95. The van der Waals surface area contributed by atoms with Crippen molar-refractivity contribution in [1.29, 1.82) is 0 Å². The first-order valence-electron chi connectivity index (χ1n) is 10.1. The second-order valence-corrected chi connectivity index (χ2v) is 7.58. The van der Waals surface area contributed by atoms with Gasteiger partial charge in [0.15, 0.2) is 0 Å². The number of carbonyl (C=O) groups is 2. The number of anilines is 2. The highest BCUT2D eigenvalue weighted by atomic mass is 16.2. The summed E-state index contributed by atoms with van der Waals surface area (Å²) in [5.74, 6) is -0.0150. The van der Waals surface area contributed by atoms with Crippen LogP contribution in [0.2, 0.25) is 0 Å². The minimum atomic E-state index is -0.119. The Labute approximate surface area is 156 Å². The molecule has 0 radical (unpaired) electrons. The third-order valence-corrected chi connectivity index (χ3v) is 5.40. The highest BCUT2D eigenvalue weighted by Crippen LogP contribution is 2.22. The van der Waals surface area contributed by atoms with Gasteiger partial charge < -0.3 is 15.5 Å². The Morgan fingerprint density at radius 3 is 2.35 bits per heavy atom. The van der Waals surface area contributed by atoms with Crippen LogP contribution in [0.1, 0.15) is 64.2 Å². The molecule has 142 valence electrons. The average molecular weight is 357 g/mol. The molecule has 1 aromatic carbocycles. The van der Waals surface area contributed by atoms with Crippen molar-refractivity contribution in [3.63, 3.8) is 0 Å². The molecule has 26 heavy (non-hydrogen) atoms. The van der Waals surface area contributed by atoms with Crippen LogP contribution in [-0.2, 0) is 9.59 Å². The lowest BCUT2D eigenvalue weighted by Gasteiger charge is -2.24. The molecule has 3 rings (SSSR count). The summed E-state index contributed by atoms with van der Waals surface area (Å²) >= 11 is 0. The SMILES string of the molecule is O=C(CN1CCCCCCC1=O)Nc1ccc(NC2CCCCC2)cc1. The van der Waals surface area contributed by atoms with Crippen molar-refractivity contribution in [3.8, 4) is 0 Å². The summed E-state index contributed by atoms with van der Waals surface area (Å²) in [5.41, 5.74) is 1.89. The normalized spacial score (nSPS) is 19.5. The first-order chi connectivity index (χ1) is 12.7. The van der Waals surface area contributed by atoms with Crippen LogP contribution in [0.15, 0.2) is 24.3 Å². The summed E-state index contributed by atoms with van der Waals surface area (Å²) in [4.78, 5) is 26.1. The summed E-state index contributed by atoms with van der Waals surface area (Å²) in [7, 11) is 0. The maximum absolute atomic E-state index is 12.3. The molecule has 0 bridgehead atoms. The molecule has 1 aromatic rings. The zero-order valence-electron chi connectivity index (χ0n) is 15.6. The molecule has 2 N–H and O–H groups in total. The number of hydrogen-bond donors (Lipinski definition) is 2. The molecule has 2 fully saturated rings. The number of amides is 2. The van der Waals surface area contributed by atoms with Crippen LogP contribution in [0, 0.1) is 0 Å². The van der Waals surface area contributed by atoms with Gasteiger partial charge >= 0.3 is 0 Å². The molecule has 1 saturated heterocycles. The number of nitrogens with zero attached hydrogens (tertiary/aromatic N) is 1. The Balaban J connectivity index is 1.48. The third kappa shape index (κ3) is 5.75. The molecule has 1 saturated carbocycles. The molecule has 0 atom stereocenters. The average Bonchev–Trinajstić information content (AvgIpc) is 2.64. The summed E-state index contributed by atoms with van der Waals surface area (Å²) < 4.78 is 0. The van der Waals surface area contributed by atoms with E-state index < -0.39 is 0 Å². The maximum atomic E-state index is 12.3. The van der Waals surface area contributed by atoms with E-state index in [1.165, 1.54) is 32.1 Å². The molecule has 1 heterocycles. The van der Waals surface area contributed by atoms with Gasteiger partial charge in [-0.2, -0.15) is 0 Å². The van der Waals surface area contributed by atoms with Crippen molar-refractivity contribution < 1.29 is 9.59 Å². The smallest absolute Gasteiger partial charge is 0.243 e. The lowest BCUT2D eigenvalue weighted by Crippen LogP contribution is -2.39. The Bertz CT molecular complexity index is 594. The minimum absolute atomic E-state index is 0.104.